The molecule has 194 valence electrons. The van der Waals surface area contributed by atoms with Gasteiger partial charge >= 0.3 is 0 Å². The number of rotatable bonds is 6. The van der Waals surface area contributed by atoms with Crippen LogP contribution in [0.15, 0.2) is 91.0 Å². The molecular weight excluding hydrogens is 448 g/mol. The predicted octanol–water partition coefficient (Wildman–Crippen LogP) is 7.45. The Balaban J connectivity index is 1.20. The van der Waals surface area contributed by atoms with Crippen LogP contribution in [0.4, 0.5) is 0 Å². The summed E-state index contributed by atoms with van der Waals surface area (Å²) >= 11 is 0. The lowest BCUT2D eigenvalue weighted by Gasteiger charge is -2.45. The van der Waals surface area contributed by atoms with Gasteiger partial charge in [-0.3, -0.25) is 0 Å². The fourth-order valence-corrected chi connectivity index (χ4v) is 8.32. The van der Waals surface area contributed by atoms with Gasteiger partial charge < -0.3 is 9.38 Å². The summed E-state index contributed by atoms with van der Waals surface area (Å²) in [5.41, 5.74) is 4.69. The molecule has 0 radical (unpaired) electrons. The van der Waals surface area contributed by atoms with Crippen molar-refractivity contribution < 1.29 is 4.48 Å². The van der Waals surface area contributed by atoms with E-state index in [1.165, 1.54) is 75.7 Å². The molecule has 3 aromatic rings. The van der Waals surface area contributed by atoms with Crippen LogP contribution in [0.1, 0.15) is 73.0 Å². The molecule has 5 atom stereocenters. The highest BCUT2D eigenvalue weighted by molar-refractivity contribution is 5.24. The Labute approximate surface area is 224 Å². The third kappa shape index (κ3) is 5.42. The van der Waals surface area contributed by atoms with E-state index in [9.17, 15) is 0 Å². The van der Waals surface area contributed by atoms with Crippen molar-refractivity contribution in [2.75, 3.05) is 39.8 Å². The SMILES string of the molecule is C[N@@+]1(C2CCCC[C@@H]2c2ccccc2)CC(CN2CCC(c3ccccc3)CC2)C(c2ccccc2)C1. The lowest BCUT2D eigenvalue weighted by molar-refractivity contribution is -0.926. The highest BCUT2D eigenvalue weighted by Gasteiger charge is 2.50. The molecule has 2 heterocycles. The summed E-state index contributed by atoms with van der Waals surface area (Å²) < 4.78 is 1.25. The van der Waals surface area contributed by atoms with Crippen LogP contribution in [0, 0.1) is 5.92 Å². The first-order valence-electron chi connectivity index (χ1n) is 14.9. The van der Waals surface area contributed by atoms with Crippen LogP contribution in [0.25, 0.3) is 0 Å². The van der Waals surface area contributed by atoms with Crippen molar-refractivity contribution in [2.45, 2.75) is 62.3 Å². The number of likely N-dealkylation sites (tertiary alicyclic amines) is 2. The highest BCUT2D eigenvalue weighted by Crippen LogP contribution is 2.46. The topological polar surface area (TPSA) is 3.24 Å². The standard InChI is InChI=1S/C35H45N2/c1-37(35-20-12-11-19-33(35)30-15-7-3-8-16-30)26-32(34(27-37)31-17-9-4-10-18-31)25-36-23-21-29(22-24-36)28-13-5-2-6-14-28/h2-10,13-18,29,32-35H,11-12,19-27H2,1H3/q+1/t32?,33-,34?,35?,37-/m1/s1. The van der Waals surface area contributed by atoms with Gasteiger partial charge in [-0.25, -0.2) is 0 Å². The molecule has 3 fully saturated rings. The number of nitrogens with zero attached hydrogens (tertiary/aromatic N) is 2. The van der Waals surface area contributed by atoms with E-state index in [2.05, 4.69) is 103 Å². The molecule has 1 aliphatic carbocycles. The molecule has 0 N–H and O–H groups in total. The van der Waals surface area contributed by atoms with E-state index < -0.39 is 0 Å². The second-order valence-electron chi connectivity index (χ2n) is 12.5. The summed E-state index contributed by atoms with van der Waals surface area (Å²) in [5, 5.41) is 0. The molecule has 3 aromatic carbocycles. The average Bonchev–Trinajstić information content (AvgIpc) is 3.32. The Kier molecular flexibility index (Phi) is 7.49. The van der Waals surface area contributed by atoms with Crippen LogP contribution in [-0.2, 0) is 0 Å². The third-order valence-corrected chi connectivity index (χ3v) is 10.2. The molecule has 2 saturated heterocycles. The highest BCUT2D eigenvalue weighted by atomic mass is 15.4. The van der Waals surface area contributed by atoms with Crippen LogP contribution in [0.3, 0.4) is 0 Å². The quantitative estimate of drug-likeness (QED) is 0.322. The molecule has 0 amide bonds. The second kappa shape index (κ2) is 11.1. The Bertz CT molecular complexity index is 1110. The van der Waals surface area contributed by atoms with E-state index in [-0.39, 0.29) is 0 Å². The molecule has 0 aromatic heterocycles. The Hall–Kier alpha value is -2.42. The molecule has 2 aliphatic heterocycles. The number of hydrogen-bond donors (Lipinski definition) is 0. The van der Waals surface area contributed by atoms with Gasteiger partial charge in [0.25, 0.3) is 0 Å². The zero-order chi connectivity index (χ0) is 25.1. The van der Waals surface area contributed by atoms with Crippen molar-refractivity contribution in [3.8, 4) is 0 Å². The van der Waals surface area contributed by atoms with E-state index in [4.69, 9.17) is 0 Å². The Morgan fingerprint density at radius 2 is 1.16 bits per heavy atom. The third-order valence-electron chi connectivity index (χ3n) is 10.2. The number of benzene rings is 3. The summed E-state index contributed by atoms with van der Waals surface area (Å²) in [5.74, 6) is 2.84. The van der Waals surface area contributed by atoms with Crippen LogP contribution in [0.5, 0.6) is 0 Å². The molecule has 2 nitrogen and oxygen atoms in total. The molecule has 0 spiro atoms. The van der Waals surface area contributed by atoms with Gasteiger partial charge in [0.05, 0.1) is 26.2 Å². The van der Waals surface area contributed by atoms with Gasteiger partial charge in [-0.1, -0.05) is 97.4 Å². The monoisotopic (exact) mass is 493 g/mol. The van der Waals surface area contributed by atoms with Crippen LogP contribution in [-0.4, -0.2) is 55.2 Å². The van der Waals surface area contributed by atoms with E-state index >= 15 is 0 Å². The first-order chi connectivity index (χ1) is 18.2. The lowest BCUT2D eigenvalue weighted by atomic mass is 9.78. The van der Waals surface area contributed by atoms with Crippen molar-refractivity contribution in [1.82, 2.24) is 4.90 Å². The normalized spacial score (nSPS) is 31.4. The zero-order valence-corrected chi connectivity index (χ0v) is 22.7. The van der Waals surface area contributed by atoms with Crippen LogP contribution in [0.2, 0.25) is 0 Å². The van der Waals surface area contributed by atoms with E-state index in [1.807, 2.05) is 0 Å². The van der Waals surface area contributed by atoms with Gasteiger partial charge in [-0.15, -0.1) is 0 Å². The second-order valence-corrected chi connectivity index (χ2v) is 12.5. The van der Waals surface area contributed by atoms with Gasteiger partial charge in [0.2, 0.25) is 0 Å². The summed E-state index contributed by atoms with van der Waals surface area (Å²) in [7, 11) is 2.61. The summed E-state index contributed by atoms with van der Waals surface area (Å²) in [6, 6.07) is 35.0. The minimum Gasteiger partial charge on any atom is -0.322 e. The first kappa shape index (κ1) is 24.9. The van der Waals surface area contributed by atoms with Gasteiger partial charge in [0.15, 0.2) is 0 Å². The molecule has 37 heavy (non-hydrogen) atoms. The predicted molar refractivity (Wildman–Crippen MR) is 155 cm³/mol. The van der Waals surface area contributed by atoms with Crippen molar-refractivity contribution in [2.24, 2.45) is 5.92 Å². The Morgan fingerprint density at radius 3 is 1.78 bits per heavy atom. The van der Waals surface area contributed by atoms with E-state index in [1.54, 1.807) is 16.7 Å². The minimum atomic E-state index is 0.663. The van der Waals surface area contributed by atoms with Gasteiger partial charge in [0.1, 0.15) is 0 Å². The number of quaternary nitrogens is 1. The average molecular weight is 494 g/mol. The van der Waals surface area contributed by atoms with E-state index in [0.717, 1.165) is 17.9 Å². The van der Waals surface area contributed by atoms with Gasteiger partial charge in [0, 0.05) is 30.7 Å². The zero-order valence-electron chi connectivity index (χ0n) is 22.7. The van der Waals surface area contributed by atoms with Crippen LogP contribution < -0.4 is 0 Å². The van der Waals surface area contributed by atoms with Crippen molar-refractivity contribution in [3.05, 3.63) is 108 Å². The van der Waals surface area contributed by atoms with Crippen molar-refractivity contribution in [1.29, 1.82) is 0 Å². The lowest BCUT2D eigenvalue weighted by Crippen LogP contribution is -2.54. The van der Waals surface area contributed by atoms with Gasteiger partial charge in [-0.05, 0) is 61.4 Å². The largest absolute Gasteiger partial charge is 0.322 e. The fourth-order valence-electron chi connectivity index (χ4n) is 8.32. The molecule has 3 aliphatic rings. The first-order valence-corrected chi connectivity index (χ1v) is 14.9. The molecule has 1 saturated carbocycles. The molecule has 2 heteroatoms. The molecule has 3 unspecified atom stereocenters. The van der Waals surface area contributed by atoms with Crippen molar-refractivity contribution >= 4 is 0 Å². The maximum Gasteiger partial charge on any atom is 0.0957 e. The minimum absolute atomic E-state index is 0.663. The molecule has 6 rings (SSSR count). The van der Waals surface area contributed by atoms with Gasteiger partial charge in [-0.2, -0.15) is 0 Å². The smallest absolute Gasteiger partial charge is 0.0957 e. The number of hydrogen-bond acceptors (Lipinski definition) is 1. The molecular formula is C35H45N2+. The molecule has 0 bridgehead atoms. The van der Waals surface area contributed by atoms with Crippen LogP contribution >= 0.6 is 0 Å². The fraction of sp³-hybridized carbons (Fsp3) is 0.486. The summed E-state index contributed by atoms with van der Waals surface area (Å²) in [4.78, 5) is 2.81. The Morgan fingerprint density at radius 1 is 0.622 bits per heavy atom. The number of likely N-dealkylation sites (N-methyl/N-ethyl adjacent to an activating group) is 1. The summed E-state index contributed by atoms with van der Waals surface area (Å²) in [6.45, 7) is 6.38. The van der Waals surface area contributed by atoms with Crippen molar-refractivity contribution in [3.63, 3.8) is 0 Å². The maximum absolute atomic E-state index is 2.81. The summed E-state index contributed by atoms with van der Waals surface area (Å²) in [6.07, 6.45) is 8.13. The van der Waals surface area contributed by atoms with E-state index in [0.29, 0.717) is 11.8 Å². The maximum atomic E-state index is 2.81. The number of piperidine rings is 1.